The minimum atomic E-state index is -0.714. The predicted molar refractivity (Wildman–Crippen MR) is 85.9 cm³/mol. The number of benzene rings is 2. The van der Waals surface area contributed by atoms with Crippen molar-refractivity contribution in [1.29, 1.82) is 0 Å². The van der Waals surface area contributed by atoms with Crippen LogP contribution in [0.15, 0.2) is 66.7 Å². The first-order valence-electron chi connectivity index (χ1n) is 7.21. The summed E-state index contributed by atoms with van der Waals surface area (Å²) in [6, 6.07) is 19.7. The van der Waals surface area contributed by atoms with Gasteiger partial charge in [-0.05, 0) is 17.5 Å². The summed E-state index contributed by atoms with van der Waals surface area (Å²) in [7, 11) is 0. The van der Waals surface area contributed by atoms with Crippen LogP contribution in [0.1, 0.15) is 24.0 Å². The van der Waals surface area contributed by atoms with Crippen molar-refractivity contribution in [2.75, 3.05) is 0 Å². The van der Waals surface area contributed by atoms with Gasteiger partial charge in [-0.3, -0.25) is 4.79 Å². The molecule has 0 saturated heterocycles. The van der Waals surface area contributed by atoms with Crippen LogP contribution in [0.5, 0.6) is 0 Å². The third-order valence-corrected chi connectivity index (χ3v) is 3.28. The van der Waals surface area contributed by atoms with E-state index in [9.17, 15) is 9.90 Å². The van der Waals surface area contributed by atoms with Crippen LogP contribution in [0.4, 0.5) is 0 Å². The molecule has 0 bridgehead atoms. The van der Waals surface area contributed by atoms with E-state index in [-0.39, 0.29) is 12.2 Å². The number of rotatable bonds is 7. The summed E-state index contributed by atoms with van der Waals surface area (Å²) in [6.07, 6.45) is 4.18. The fraction of sp³-hybridized carbons (Fsp3) is 0.211. The van der Waals surface area contributed by atoms with Crippen molar-refractivity contribution in [1.82, 2.24) is 0 Å². The van der Waals surface area contributed by atoms with Crippen molar-refractivity contribution in [2.45, 2.75) is 25.4 Å². The van der Waals surface area contributed by atoms with Gasteiger partial charge in [-0.2, -0.15) is 0 Å². The van der Waals surface area contributed by atoms with Crippen molar-refractivity contribution in [2.24, 2.45) is 0 Å². The van der Waals surface area contributed by atoms with E-state index in [1.165, 1.54) is 0 Å². The highest BCUT2D eigenvalue weighted by molar-refractivity contribution is 5.79. The topological polar surface area (TPSA) is 37.3 Å². The Labute approximate surface area is 125 Å². The molecule has 21 heavy (non-hydrogen) atoms. The van der Waals surface area contributed by atoms with E-state index in [0.29, 0.717) is 6.42 Å². The summed E-state index contributed by atoms with van der Waals surface area (Å²) in [5.74, 6) is 0.0871. The quantitative estimate of drug-likeness (QED) is 0.840. The Balaban J connectivity index is 1.76. The van der Waals surface area contributed by atoms with Crippen molar-refractivity contribution in [3.8, 4) is 0 Å². The van der Waals surface area contributed by atoms with Crippen LogP contribution in [0.3, 0.4) is 0 Å². The van der Waals surface area contributed by atoms with E-state index in [1.807, 2.05) is 66.7 Å². The lowest BCUT2D eigenvalue weighted by molar-refractivity contribution is -0.120. The molecule has 108 valence electrons. The van der Waals surface area contributed by atoms with Crippen LogP contribution in [0, 0.1) is 0 Å². The molecule has 2 aromatic carbocycles. The molecule has 2 aromatic rings. The van der Waals surface area contributed by atoms with Crippen molar-refractivity contribution < 1.29 is 9.90 Å². The van der Waals surface area contributed by atoms with E-state index in [4.69, 9.17) is 0 Å². The van der Waals surface area contributed by atoms with Crippen molar-refractivity contribution in [3.63, 3.8) is 0 Å². The molecule has 0 saturated carbocycles. The van der Waals surface area contributed by atoms with Gasteiger partial charge in [0.05, 0.1) is 6.10 Å². The number of aliphatic hydroxyl groups is 1. The molecule has 0 aliphatic carbocycles. The Morgan fingerprint density at radius 1 is 1.00 bits per heavy atom. The summed E-state index contributed by atoms with van der Waals surface area (Å²) in [5.41, 5.74) is 2.17. The first-order chi connectivity index (χ1) is 10.2. The predicted octanol–water partition coefficient (Wildman–Crippen LogP) is 3.65. The molecular weight excluding hydrogens is 260 g/mol. The SMILES string of the molecule is O=C(CCc1ccccc1)CC(O)C=Cc1ccccc1. The Morgan fingerprint density at radius 2 is 1.62 bits per heavy atom. The Bertz CT molecular complexity index is 573. The highest BCUT2D eigenvalue weighted by Crippen LogP contribution is 2.08. The second kappa shape index (κ2) is 8.18. The highest BCUT2D eigenvalue weighted by Gasteiger charge is 2.08. The maximum atomic E-state index is 11.8. The number of aryl methyl sites for hydroxylation is 1. The van der Waals surface area contributed by atoms with Crippen LogP contribution in [0.2, 0.25) is 0 Å². The number of carbonyl (C=O) groups is 1. The van der Waals surface area contributed by atoms with E-state index >= 15 is 0 Å². The average Bonchev–Trinajstić information content (AvgIpc) is 2.53. The van der Waals surface area contributed by atoms with Crippen molar-refractivity contribution in [3.05, 3.63) is 77.9 Å². The van der Waals surface area contributed by atoms with Crippen molar-refractivity contribution >= 4 is 11.9 Å². The van der Waals surface area contributed by atoms with E-state index in [1.54, 1.807) is 6.08 Å². The fourth-order valence-corrected chi connectivity index (χ4v) is 2.12. The average molecular weight is 280 g/mol. The van der Waals surface area contributed by atoms with E-state index < -0.39 is 6.10 Å². The summed E-state index contributed by atoms with van der Waals surface area (Å²) in [6.45, 7) is 0. The van der Waals surface area contributed by atoms with Gasteiger partial charge < -0.3 is 5.11 Å². The molecule has 1 unspecified atom stereocenters. The van der Waals surface area contributed by atoms with Gasteiger partial charge in [0.2, 0.25) is 0 Å². The third kappa shape index (κ3) is 5.76. The number of ketones is 1. The molecule has 1 atom stereocenters. The summed E-state index contributed by atoms with van der Waals surface area (Å²) in [4.78, 5) is 11.8. The number of hydrogen-bond acceptors (Lipinski definition) is 2. The zero-order valence-electron chi connectivity index (χ0n) is 12.0. The van der Waals surface area contributed by atoms with Crippen LogP contribution in [-0.4, -0.2) is 17.0 Å². The molecule has 1 N–H and O–H groups in total. The zero-order chi connectivity index (χ0) is 14.9. The number of Topliss-reactive ketones (excluding diaryl/α,β-unsaturated/α-hetero) is 1. The van der Waals surface area contributed by atoms with Gasteiger partial charge >= 0.3 is 0 Å². The maximum Gasteiger partial charge on any atom is 0.136 e. The van der Waals surface area contributed by atoms with Gasteiger partial charge in [0, 0.05) is 12.8 Å². The van der Waals surface area contributed by atoms with Gasteiger partial charge in [-0.25, -0.2) is 0 Å². The molecule has 0 aliphatic heterocycles. The normalized spacial score (nSPS) is 12.4. The standard InChI is InChI=1S/C19H20O2/c20-18(13-11-16-7-3-1-4-8-16)15-19(21)14-12-17-9-5-2-6-10-17/h1-11,13,18,20H,12,14-15H2. The molecule has 2 rings (SSSR count). The van der Waals surface area contributed by atoms with Gasteiger partial charge in [0.25, 0.3) is 0 Å². The lowest BCUT2D eigenvalue weighted by Crippen LogP contribution is -2.11. The molecule has 2 nitrogen and oxygen atoms in total. The number of hydrogen-bond donors (Lipinski definition) is 1. The van der Waals surface area contributed by atoms with Crippen LogP contribution in [0.25, 0.3) is 6.08 Å². The van der Waals surface area contributed by atoms with Gasteiger partial charge in [-0.1, -0.05) is 72.8 Å². The van der Waals surface area contributed by atoms with Crippen LogP contribution >= 0.6 is 0 Å². The maximum absolute atomic E-state index is 11.8. The Hall–Kier alpha value is -2.19. The van der Waals surface area contributed by atoms with E-state index in [2.05, 4.69) is 0 Å². The summed E-state index contributed by atoms with van der Waals surface area (Å²) >= 11 is 0. The number of aliphatic hydroxyl groups excluding tert-OH is 1. The van der Waals surface area contributed by atoms with Gasteiger partial charge in [-0.15, -0.1) is 0 Å². The van der Waals surface area contributed by atoms with Crippen LogP contribution in [-0.2, 0) is 11.2 Å². The third-order valence-electron chi connectivity index (χ3n) is 3.28. The first kappa shape index (κ1) is 15.2. The summed E-state index contributed by atoms with van der Waals surface area (Å²) < 4.78 is 0. The Kier molecular flexibility index (Phi) is 5.92. The lowest BCUT2D eigenvalue weighted by atomic mass is 10.0. The van der Waals surface area contributed by atoms with Gasteiger partial charge in [0.15, 0.2) is 0 Å². The van der Waals surface area contributed by atoms with E-state index in [0.717, 1.165) is 17.5 Å². The molecule has 0 amide bonds. The fourth-order valence-electron chi connectivity index (χ4n) is 2.12. The minimum Gasteiger partial charge on any atom is -0.389 e. The second-order valence-electron chi connectivity index (χ2n) is 5.07. The molecule has 0 aromatic heterocycles. The minimum absolute atomic E-state index is 0.0871. The number of carbonyl (C=O) groups excluding carboxylic acids is 1. The molecule has 0 spiro atoms. The molecule has 0 aliphatic rings. The van der Waals surface area contributed by atoms with Gasteiger partial charge in [0.1, 0.15) is 5.78 Å². The molecule has 0 fully saturated rings. The first-order valence-corrected chi connectivity index (χ1v) is 7.21. The summed E-state index contributed by atoms with van der Waals surface area (Å²) in [5, 5.41) is 9.87. The zero-order valence-corrected chi connectivity index (χ0v) is 12.0. The molecule has 0 heterocycles. The lowest BCUT2D eigenvalue weighted by Gasteiger charge is -2.05. The molecule has 0 radical (unpaired) electrons. The highest BCUT2D eigenvalue weighted by atomic mass is 16.3. The molecule has 2 heteroatoms. The molecular formula is C19H20O2. The van der Waals surface area contributed by atoms with Crippen LogP contribution < -0.4 is 0 Å². The Morgan fingerprint density at radius 3 is 2.29 bits per heavy atom. The smallest absolute Gasteiger partial charge is 0.136 e. The second-order valence-corrected chi connectivity index (χ2v) is 5.07. The monoisotopic (exact) mass is 280 g/mol. The largest absolute Gasteiger partial charge is 0.389 e.